The van der Waals surface area contributed by atoms with Gasteiger partial charge in [0.1, 0.15) is 5.57 Å². The second-order valence-electron chi connectivity index (χ2n) is 2.23. The van der Waals surface area contributed by atoms with Gasteiger partial charge in [0.2, 0.25) is 0 Å². The minimum Gasteiger partial charge on any atom is -0.488 e. The molecule has 0 atom stereocenters. The molecule has 1 rings (SSSR count). The van der Waals surface area contributed by atoms with Crippen LogP contribution in [0.25, 0.3) is 0 Å². The van der Waals surface area contributed by atoms with Gasteiger partial charge in [0.15, 0.2) is 5.76 Å². The molecule has 0 fully saturated rings. The van der Waals surface area contributed by atoms with Crippen molar-refractivity contribution in [1.82, 2.24) is 5.32 Å². The lowest BCUT2D eigenvalue weighted by molar-refractivity contribution is -0.133. The number of hydrogen-bond acceptors (Lipinski definition) is 3. The van der Waals surface area contributed by atoms with Crippen molar-refractivity contribution in [1.29, 1.82) is 0 Å². The van der Waals surface area contributed by atoms with Gasteiger partial charge in [0.25, 0.3) is 5.91 Å². The lowest BCUT2D eigenvalue weighted by Crippen LogP contribution is -2.18. The third-order valence-corrected chi connectivity index (χ3v) is 1.45. The third-order valence-electron chi connectivity index (χ3n) is 1.45. The number of carbonyl (C=O) groups excluding carboxylic acids is 1. The summed E-state index contributed by atoms with van der Waals surface area (Å²) in [6.45, 7) is 2.03. The second kappa shape index (κ2) is 3.25. The maximum Gasteiger partial charge on any atom is 0.337 e. The summed E-state index contributed by atoms with van der Waals surface area (Å²) in [5.41, 5.74) is 0.00171. The highest BCUT2D eigenvalue weighted by Gasteiger charge is 2.28. The van der Waals surface area contributed by atoms with Crippen LogP contribution in [0.1, 0.15) is 6.92 Å². The van der Waals surface area contributed by atoms with Gasteiger partial charge in [-0.25, -0.2) is 4.79 Å². The maximum atomic E-state index is 10.9. The van der Waals surface area contributed by atoms with Crippen LogP contribution in [0.2, 0.25) is 0 Å². The van der Waals surface area contributed by atoms with Crippen molar-refractivity contribution in [2.45, 2.75) is 6.92 Å². The van der Waals surface area contributed by atoms with Gasteiger partial charge in [-0.05, 0) is 6.92 Å². The molecule has 0 aliphatic carbocycles. The molecule has 12 heavy (non-hydrogen) atoms. The molecule has 0 bridgehead atoms. The summed E-state index contributed by atoms with van der Waals surface area (Å²) >= 11 is 0. The molecule has 0 spiro atoms. The Balaban J connectivity index is 2.89. The Labute approximate surface area is 69.0 Å². The van der Waals surface area contributed by atoms with Gasteiger partial charge in [-0.15, -0.1) is 0 Å². The highest BCUT2D eigenvalue weighted by molar-refractivity contribution is 6.04. The van der Waals surface area contributed by atoms with Gasteiger partial charge in [-0.1, -0.05) is 0 Å². The van der Waals surface area contributed by atoms with Crippen LogP contribution >= 0.6 is 0 Å². The molecular formula is C7H9NO4. The zero-order valence-electron chi connectivity index (χ0n) is 6.59. The number of amides is 1. The van der Waals surface area contributed by atoms with Crippen molar-refractivity contribution in [3.05, 3.63) is 11.3 Å². The average molecular weight is 171 g/mol. The summed E-state index contributed by atoms with van der Waals surface area (Å²) in [5.74, 6) is -1.63. The minimum atomic E-state index is -1.11. The summed E-state index contributed by atoms with van der Waals surface area (Å²) in [6, 6.07) is 0. The van der Waals surface area contributed by atoms with E-state index < -0.39 is 11.9 Å². The van der Waals surface area contributed by atoms with Gasteiger partial charge in [0.05, 0.1) is 13.2 Å². The largest absolute Gasteiger partial charge is 0.488 e. The zero-order valence-corrected chi connectivity index (χ0v) is 6.59. The van der Waals surface area contributed by atoms with E-state index in [0.29, 0.717) is 6.61 Å². The topological polar surface area (TPSA) is 75.6 Å². The number of nitrogens with one attached hydrogen (secondary N) is 1. The Morgan fingerprint density at radius 2 is 2.42 bits per heavy atom. The Morgan fingerprint density at radius 3 is 2.92 bits per heavy atom. The summed E-state index contributed by atoms with van der Waals surface area (Å²) in [7, 11) is 0. The fourth-order valence-corrected chi connectivity index (χ4v) is 0.936. The quantitative estimate of drug-likeness (QED) is 0.599. The smallest absolute Gasteiger partial charge is 0.337 e. The highest BCUT2D eigenvalue weighted by atomic mass is 16.5. The van der Waals surface area contributed by atoms with E-state index in [4.69, 9.17) is 9.84 Å². The van der Waals surface area contributed by atoms with E-state index in [1.165, 1.54) is 0 Å². The predicted molar refractivity (Wildman–Crippen MR) is 39.3 cm³/mol. The van der Waals surface area contributed by atoms with E-state index in [2.05, 4.69) is 5.32 Å². The highest BCUT2D eigenvalue weighted by Crippen LogP contribution is 2.12. The van der Waals surface area contributed by atoms with E-state index in [-0.39, 0.29) is 17.9 Å². The molecule has 5 heteroatoms. The molecule has 1 aliphatic heterocycles. The van der Waals surface area contributed by atoms with E-state index in [1.807, 2.05) is 0 Å². The normalized spacial score (nSPS) is 16.2. The molecule has 66 valence electrons. The summed E-state index contributed by atoms with van der Waals surface area (Å²) < 4.78 is 4.88. The molecule has 0 unspecified atom stereocenters. The molecule has 0 saturated carbocycles. The van der Waals surface area contributed by atoms with Gasteiger partial charge < -0.3 is 15.2 Å². The first-order chi connectivity index (χ1) is 5.66. The van der Waals surface area contributed by atoms with Crippen molar-refractivity contribution < 1.29 is 19.4 Å². The number of carboxylic acids is 1. The van der Waals surface area contributed by atoms with Crippen LogP contribution in [0.3, 0.4) is 0 Å². The zero-order chi connectivity index (χ0) is 9.14. The first-order valence-corrected chi connectivity index (χ1v) is 3.54. The molecule has 0 radical (unpaired) electrons. The number of ether oxygens (including phenoxy) is 1. The first kappa shape index (κ1) is 8.58. The molecule has 1 heterocycles. The summed E-state index contributed by atoms with van der Waals surface area (Å²) in [4.78, 5) is 21.4. The first-order valence-electron chi connectivity index (χ1n) is 3.54. The van der Waals surface area contributed by atoms with Crippen LogP contribution in [0.15, 0.2) is 11.3 Å². The lowest BCUT2D eigenvalue weighted by Gasteiger charge is -2.01. The van der Waals surface area contributed by atoms with Crippen LogP contribution in [-0.2, 0) is 14.3 Å². The van der Waals surface area contributed by atoms with Crippen LogP contribution in [0.5, 0.6) is 0 Å². The molecule has 0 aromatic heterocycles. The molecule has 1 aliphatic rings. The molecule has 5 nitrogen and oxygen atoms in total. The maximum absolute atomic E-state index is 10.9. The van der Waals surface area contributed by atoms with Crippen molar-refractivity contribution >= 4 is 11.9 Å². The second-order valence-corrected chi connectivity index (χ2v) is 2.23. The average Bonchev–Trinajstić information content (AvgIpc) is 2.34. The SMILES string of the molecule is CCOC1=C(C(=O)O)CNC1=O. The van der Waals surface area contributed by atoms with E-state index >= 15 is 0 Å². The number of rotatable bonds is 3. The monoisotopic (exact) mass is 171 g/mol. The van der Waals surface area contributed by atoms with Crippen LogP contribution in [0.4, 0.5) is 0 Å². The predicted octanol–water partition coefficient (Wildman–Crippen LogP) is -0.509. The van der Waals surface area contributed by atoms with E-state index in [1.54, 1.807) is 6.92 Å². The fourth-order valence-electron chi connectivity index (χ4n) is 0.936. The van der Waals surface area contributed by atoms with E-state index in [9.17, 15) is 9.59 Å². The molecule has 0 saturated heterocycles. The number of hydrogen-bond donors (Lipinski definition) is 2. The molecule has 0 aromatic carbocycles. The molecule has 2 N–H and O–H groups in total. The van der Waals surface area contributed by atoms with Crippen molar-refractivity contribution in [2.24, 2.45) is 0 Å². The standard InChI is InChI=1S/C7H9NO4/c1-2-12-5-4(7(10)11)3-8-6(5)9/h2-3H2,1H3,(H,8,9)(H,10,11). The van der Waals surface area contributed by atoms with E-state index in [0.717, 1.165) is 0 Å². The minimum absolute atomic E-state index is 0.00171. The Hall–Kier alpha value is -1.52. The number of carbonyl (C=O) groups is 2. The van der Waals surface area contributed by atoms with Gasteiger partial charge in [-0.3, -0.25) is 4.79 Å². The van der Waals surface area contributed by atoms with Gasteiger partial charge in [0, 0.05) is 0 Å². The van der Waals surface area contributed by atoms with Crippen LogP contribution < -0.4 is 5.32 Å². The Morgan fingerprint density at radius 1 is 1.75 bits per heavy atom. The molecule has 0 aromatic rings. The van der Waals surface area contributed by atoms with Crippen LogP contribution in [-0.4, -0.2) is 30.1 Å². The number of carboxylic acid groups (broad SMARTS) is 1. The Kier molecular flexibility index (Phi) is 2.32. The van der Waals surface area contributed by atoms with Crippen molar-refractivity contribution in [2.75, 3.05) is 13.2 Å². The van der Waals surface area contributed by atoms with Crippen molar-refractivity contribution in [3.8, 4) is 0 Å². The molecule has 1 amide bonds. The van der Waals surface area contributed by atoms with Gasteiger partial charge >= 0.3 is 5.97 Å². The van der Waals surface area contributed by atoms with Crippen LogP contribution in [0, 0.1) is 0 Å². The number of aliphatic carboxylic acids is 1. The lowest BCUT2D eigenvalue weighted by atomic mass is 10.3. The van der Waals surface area contributed by atoms with Gasteiger partial charge in [-0.2, -0.15) is 0 Å². The van der Waals surface area contributed by atoms with Crippen molar-refractivity contribution in [3.63, 3.8) is 0 Å². The fraction of sp³-hybridized carbons (Fsp3) is 0.429. The molecular weight excluding hydrogens is 162 g/mol. The summed E-state index contributed by atoms with van der Waals surface area (Å²) in [6.07, 6.45) is 0. The Bertz CT molecular complexity index is 256. The third kappa shape index (κ3) is 1.39. The summed E-state index contributed by atoms with van der Waals surface area (Å²) in [5, 5.41) is 11.0.